The predicted octanol–water partition coefficient (Wildman–Crippen LogP) is 3.10. The Morgan fingerprint density at radius 1 is 1.38 bits per heavy atom. The Labute approximate surface area is 155 Å². The van der Waals surface area contributed by atoms with Gasteiger partial charge >= 0.3 is 0 Å². The molecule has 5 nitrogen and oxygen atoms in total. The molecule has 1 aliphatic rings. The topological polar surface area (TPSA) is 75.0 Å². The number of nitrogens with two attached hydrogens (primary N) is 1. The molecule has 2 N–H and O–H groups in total. The summed E-state index contributed by atoms with van der Waals surface area (Å²) in [7, 11) is 0. The van der Waals surface area contributed by atoms with Crippen LogP contribution in [0.3, 0.4) is 0 Å². The number of carbonyl (C=O) groups excluding carboxylic acids is 1. The number of nitrogen functional groups attached to an aromatic ring is 1. The fraction of sp³-hybridized carbons (Fsp3) is 0.429. The summed E-state index contributed by atoms with van der Waals surface area (Å²) in [5.74, 6) is 0.596. The Hall–Kier alpha value is -2.74. The van der Waals surface area contributed by atoms with Crippen LogP contribution in [0.15, 0.2) is 30.3 Å². The van der Waals surface area contributed by atoms with Gasteiger partial charge in [-0.3, -0.25) is 4.79 Å². The average Bonchev–Trinajstić information content (AvgIpc) is 2.90. The van der Waals surface area contributed by atoms with Crippen molar-refractivity contribution >= 4 is 11.6 Å². The first-order valence-corrected chi connectivity index (χ1v) is 9.19. The minimum atomic E-state index is 0.0640. The van der Waals surface area contributed by atoms with E-state index < -0.39 is 0 Å². The summed E-state index contributed by atoms with van der Waals surface area (Å²) in [6.45, 7) is 6.00. The van der Waals surface area contributed by atoms with Gasteiger partial charge in [0.05, 0.1) is 5.69 Å². The number of anilines is 1. The molecule has 1 aliphatic heterocycles. The summed E-state index contributed by atoms with van der Waals surface area (Å²) in [4.78, 5) is 14.7. The summed E-state index contributed by atoms with van der Waals surface area (Å²) >= 11 is 0. The Balaban J connectivity index is 1.86. The van der Waals surface area contributed by atoms with Gasteiger partial charge in [-0.15, -0.1) is 0 Å². The molecule has 1 aromatic carbocycles. The maximum Gasteiger partial charge on any atom is 0.242 e. The molecule has 1 aromatic heterocycles. The van der Waals surface area contributed by atoms with Crippen LogP contribution in [0.5, 0.6) is 0 Å². The van der Waals surface area contributed by atoms with Gasteiger partial charge in [0, 0.05) is 25.2 Å². The number of aromatic nitrogens is 1. The van der Waals surface area contributed by atoms with Gasteiger partial charge in [0.2, 0.25) is 5.91 Å². The largest absolute Gasteiger partial charge is 0.397 e. The molecule has 0 unspecified atom stereocenters. The molecular weight excluding hydrogens is 324 g/mol. The number of hydrogen-bond donors (Lipinski definition) is 1. The molecule has 2 heterocycles. The first kappa shape index (κ1) is 18.1. The van der Waals surface area contributed by atoms with E-state index in [2.05, 4.69) is 19.1 Å². The van der Waals surface area contributed by atoms with Gasteiger partial charge in [0.15, 0.2) is 0 Å². The van der Waals surface area contributed by atoms with E-state index in [1.165, 1.54) is 12.0 Å². The minimum absolute atomic E-state index is 0.0640. The van der Waals surface area contributed by atoms with Crippen LogP contribution in [0.25, 0.3) is 0 Å². The third-order valence-corrected chi connectivity index (χ3v) is 5.11. The van der Waals surface area contributed by atoms with Crippen LogP contribution in [0.2, 0.25) is 0 Å². The zero-order valence-corrected chi connectivity index (χ0v) is 15.5. The van der Waals surface area contributed by atoms with Gasteiger partial charge in [-0.2, -0.15) is 5.26 Å². The van der Waals surface area contributed by atoms with E-state index in [1.807, 2.05) is 30.0 Å². The van der Waals surface area contributed by atoms with Crippen LogP contribution in [-0.2, 0) is 17.8 Å². The van der Waals surface area contributed by atoms with E-state index in [0.29, 0.717) is 23.7 Å². The van der Waals surface area contributed by atoms with Crippen LogP contribution >= 0.6 is 0 Å². The van der Waals surface area contributed by atoms with Crippen molar-refractivity contribution in [3.63, 3.8) is 0 Å². The maximum atomic E-state index is 12.8. The second kappa shape index (κ2) is 7.65. The van der Waals surface area contributed by atoms with Crippen molar-refractivity contribution in [2.75, 3.05) is 18.8 Å². The van der Waals surface area contributed by atoms with Crippen LogP contribution in [0.4, 0.5) is 5.69 Å². The zero-order chi connectivity index (χ0) is 18.7. The molecule has 3 rings (SSSR count). The van der Waals surface area contributed by atoms with Gasteiger partial charge in [0.25, 0.3) is 0 Å². The van der Waals surface area contributed by atoms with Gasteiger partial charge in [-0.05, 0) is 37.3 Å². The monoisotopic (exact) mass is 350 g/mol. The van der Waals surface area contributed by atoms with E-state index in [0.717, 1.165) is 30.8 Å². The lowest BCUT2D eigenvalue weighted by atomic mass is 10.0. The molecule has 26 heavy (non-hydrogen) atoms. The molecule has 1 saturated heterocycles. The molecule has 0 radical (unpaired) electrons. The number of aryl methyl sites for hydroxylation is 1. The van der Waals surface area contributed by atoms with Crippen molar-refractivity contribution in [1.82, 2.24) is 9.47 Å². The smallest absolute Gasteiger partial charge is 0.242 e. The van der Waals surface area contributed by atoms with Gasteiger partial charge in [0.1, 0.15) is 18.3 Å². The Kier molecular flexibility index (Phi) is 5.32. The molecule has 0 aliphatic carbocycles. The number of benzene rings is 1. The molecule has 0 bridgehead atoms. The molecule has 136 valence electrons. The molecule has 2 aromatic rings. The van der Waals surface area contributed by atoms with Gasteiger partial charge in [-0.1, -0.05) is 36.8 Å². The number of amides is 1. The maximum absolute atomic E-state index is 12.8. The molecule has 1 fully saturated rings. The van der Waals surface area contributed by atoms with E-state index in [-0.39, 0.29) is 12.5 Å². The molecule has 0 saturated carbocycles. The van der Waals surface area contributed by atoms with Crippen LogP contribution in [0.1, 0.15) is 42.3 Å². The summed E-state index contributed by atoms with van der Waals surface area (Å²) in [5.41, 5.74) is 10.3. The van der Waals surface area contributed by atoms with E-state index in [9.17, 15) is 10.1 Å². The summed E-state index contributed by atoms with van der Waals surface area (Å²) < 4.78 is 1.79. The number of hydrogen-bond acceptors (Lipinski definition) is 3. The number of nitrogens with zero attached hydrogens (tertiary/aromatic N) is 3. The van der Waals surface area contributed by atoms with Crippen molar-refractivity contribution in [3.8, 4) is 6.07 Å². The molecular formula is C21H26N4O. The summed E-state index contributed by atoms with van der Waals surface area (Å²) in [6.07, 6.45) is 2.82. The van der Waals surface area contributed by atoms with E-state index >= 15 is 0 Å². The van der Waals surface area contributed by atoms with Gasteiger partial charge in [-0.25, -0.2) is 0 Å². The highest BCUT2D eigenvalue weighted by Crippen LogP contribution is 2.23. The number of nitriles is 1. The highest BCUT2D eigenvalue weighted by Gasteiger charge is 2.23. The van der Waals surface area contributed by atoms with Crippen molar-refractivity contribution in [2.45, 2.75) is 39.7 Å². The number of carbonyl (C=O) groups is 1. The van der Waals surface area contributed by atoms with Crippen molar-refractivity contribution < 1.29 is 4.79 Å². The average molecular weight is 350 g/mol. The van der Waals surface area contributed by atoms with Crippen LogP contribution < -0.4 is 5.73 Å². The Morgan fingerprint density at radius 3 is 2.88 bits per heavy atom. The minimum Gasteiger partial charge on any atom is -0.397 e. The predicted molar refractivity (Wildman–Crippen MR) is 103 cm³/mol. The molecule has 1 amide bonds. The van der Waals surface area contributed by atoms with Crippen molar-refractivity contribution in [2.24, 2.45) is 5.92 Å². The SMILES string of the molecule is Cc1cccc(Cc2c(N)cc(C#N)n2CC(=O)N2CCC[C@@H](C)C2)c1. The standard InChI is InChI=1S/C21H26N4O/c1-15-5-3-7-17(9-15)10-20-19(23)11-18(12-22)25(20)14-21(26)24-8-4-6-16(2)13-24/h3,5,7,9,11,16H,4,6,8,10,13-14,23H2,1-2H3/t16-/m1/s1. The number of likely N-dealkylation sites (tertiary alicyclic amines) is 1. The summed E-state index contributed by atoms with van der Waals surface area (Å²) in [6, 6.07) is 12.1. The Bertz CT molecular complexity index is 846. The fourth-order valence-corrected chi connectivity index (χ4v) is 3.75. The second-order valence-corrected chi connectivity index (χ2v) is 7.38. The number of piperidine rings is 1. The lowest BCUT2D eigenvalue weighted by Crippen LogP contribution is -2.41. The van der Waals surface area contributed by atoms with Crippen molar-refractivity contribution in [3.05, 3.63) is 52.8 Å². The van der Waals surface area contributed by atoms with E-state index in [1.54, 1.807) is 10.6 Å². The lowest BCUT2D eigenvalue weighted by molar-refractivity contribution is -0.133. The second-order valence-electron chi connectivity index (χ2n) is 7.38. The fourth-order valence-electron chi connectivity index (χ4n) is 3.75. The molecule has 5 heteroatoms. The van der Waals surface area contributed by atoms with Crippen LogP contribution in [-0.4, -0.2) is 28.5 Å². The quantitative estimate of drug-likeness (QED) is 0.920. The van der Waals surface area contributed by atoms with Gasteiger partial charge < -0.3 is 15.2 Å². The zero-order valence-electron chi connectivity index (χ0n) is 15.5. The molecule has 0 spiro atoms. The highest BCUT2D eigenvalue weighted by atomic mass is 16.2. The van der Waals surface area contributed by atoms with E-state index in [4.69, 9.17) is 5.73 Å². The highest BCUT2D eigenvalue weighted by molar-refractivity contribution is 5.77. The lowest BCUT2D eigenvalue weighted by Gasteiger charge is -2.31. The van der Waals surface area contributed by atoms with Crippen molar-refractivity contribution in [1.29, 1.82) is 5.26 Å². The number of rotatable bonds is 4. The molecule has 1 atom stereocenters. The normalized spacial score (nSPS) is 17.1. The third kappa shape index (κ3) is 3.91. The Morgan fingerprint density at radius 2 is 2.19 bits per heavy atom. The first-order valence-electron chi connectivity index (χ1n) is 9.19. The summed E-state index contributed by atoms with van der Waals surface area (Å²) in [5, 5.41) is 9.48. The third-order valence-electron chi connectivity index (χ3n) is 5.11. The van der Waals surface area contributed by atoms with Crippen LogP contribution in [0, 0.1) is 24.2 Å². The first-order chi connectivity index (χ1) is 12.5.